The third-order valence-electron chi connectivity index (χ3n) is 5.71. The van der Waals surface area contributed by atoms with E-state index in [0.717, 1.165) is 12.0 Å². The number of ether oxygens (including phenoxy) is 1. The molecule has 0 radical (unpaired) electrons. The molecular weight excluding hydrogens is 438 g/mol. The van der Waals surface area contributed by atoms with Crippen molar-refractivity contribution in [2.24, 2.45) is 10.7 Å². The summed E-state index contributed by atoms with van der Waals surface area (Å²) < 4.78 is 6.16. The van der Waals surface area contributed by atoms with Crippen LogP contribution >= 0.6 is 0 Å². The van der Waals surface area contributed by atoms with Crippen molar-refractivity contribution < 1.29 is 4.74 Å². The summed E-state index contributed by atoms with van der Waals surface area (Å²) >= 11 is 0. The minimum Gasteiger partial charge on any atom is -0.454 e. The van der Waals surface area contributed by atoms with Crippen LogP contribution in [-0.2, 0) is 6.42 Å². The van der Waals surface area contributed by atoms with E-state index < -0.39 is 0 Å². The Morgan fingerprint density at radius 3 is 2.40 bits per heavy atom. The lowest BCUT2D eigenvalue weighted by atomic mass is 9.95. The van der Waals surface area contributed by atoms with Crippen molar-refractivity contribution in [2.45, 2.75) is 25.8 Å². The van der Waals surface area contributed by atoms with Crippen molar-refractivity contribution in [3.05, 3.63) is 83.9 Å². The molecule has 35 heavy (non-hydrogen) atoms. The molecule has 8 heteroatoms. The van der Waals surface area contributed by atoms with Crippen LogP contribution in [0.1, 0.15) is 25.0 Å². The lowest BCUT2D eigenvalue weighted by Crippen LogP contribution is -2.34. The molecule has 0 saturated heterocycles. The molecule has 4 aromatic rings. The number of nitrogens with one attached hydrogen (secondary N) is 1. The molecule has 176 valence electrons. The van der Waals surface area contributed by atoms with Crippen LogP contribution in [0, 0.1) is 0 Å². The highest BCUT2D eigenvalue weighted by Crippen LogP contribution is 2.41. The first kappa shape index (κ1) is 22.2. The van der Waals surface area contributed by atoms with Gasteiger partial charge in [-0.15, -0.1) is 0 Å². The second-order valence-electron chi connectivity index (χ2n) is 9.17. The van der Waals surface area contributed by atoms with Gasteiger partial charge in [0.25, 0.3) is 0 Å². The zero-order valence-corrected chi connectivity index (χ0v) is 19.6. The molecule has 3 aromatic carbocycles. The van der Waals surface area contributed by atoms with E-state index >= 15 is 0 Å². The van der Waals surface area contributed by atoms with Crippen molar-refractivity contribution in [1.82, 2.24) is 9.97 Å². The van der Waals surface area contributed by atoms with Gasteiger partial charge in [-0.05, 0) is 50.1 Å². The van der Waals surface area contributed by atoms with Crippen LogP contribution in [0.15, 0.2) is 77.8 Å². The van der Waals surface area contributed by atoms with E-state index in [1.807, 2.05) is 54.6 Å². The number of aliphatic imine (C=N–C) groups is 1. The van der Waals surface area contributed by atoms with Crippen molar-refractivity contribution in [3.63, 3.8) is 0 Å². The molecule has 0 spiro atoms. The van der Waals surface area contributed by atoms with Gasteiger partial charge < -0.3 is 27.3 Å². The van der Waals surface area contributed by atoms with E-state index in [0.29, 0.717) is 45.8 Å². The minimum atomic E-state index is -0.274. The van der Waals surface area contributed by atoms with Gasteiger partial charge in [0.05, 0.1) is 11.3 Å². The summed E-state index contributed by atoms with van der Waals surface area (Å²) in [6.45, 7) is 4.23. The van der Waals surface area contributed by atoms with Gasteiger partial charge in [0.1, 0.15) is 23.1 Å². The van der Waals surface area contributed by atoms with E-state index in [4.69, 9.17) is 21.9 Å². The fraction of sp³-hybridized carbons (Fsp3) is 0.148. The Hall–Kier alpha value is -4.59. The van der Waals surface area contributed by atoms with Gasteiger partial charge in [0, 0.05) is 22.9 Å². The molecule has 0 fully saturated rings. The summed E-state index contributed by atoms with van der Waals surface area (Å²) in [7, 11) is 0. The van der Waals surface area contributed by atoms with Crippen molar-refractivity contribution in [2.75, 3.05) is 16.8 Å². The molecule has 0 amide bonds. The molecule has 0 bridgehead atoms. The number of hydrogen-bond donors (Lipinski definition) is 4. The summed E-state index contributed by atoms with van der Waals surface area (Å²) in [5.74, 6) is 2.16. The molecular formula is C27H27N7O. The number of nitrogens with zero attached hydrogens (tertiary/aromatic N) is 3. The zero-order chi connectivity index (χ0) is 24.6. The van der Waals surface area contributed by atoms with Gasteiger partial charge in [0.2, 0.25) is 5.95 Å². The number of amidine groups is 1. The van der Waals surface area contributed by atoms with Crippen molar-refractivity contribution in [1.29, 1.82) is 0 Å². The average Bonchev–Trinajstić information content (AvgIpc) is 2.94. The number of fused-ring (bicyclic) bond motifs is 2. The van der Waals surface area contributed by atoms with Crippen LogP contribution in [0.5, 0.6) is 11.5 Å². The first-order valence-electron chi connectivity index (χ1n) is 11.3. The van der Waals surface area contributed by atoms with Crippen LogP contribution < -0.4 is 27.3 Å². The Kier molecular flexibility index (Phi) is 5.49. The number of para-hydroxylation sites is 2. The van der Waals surface area contributed by atoms with E-state index in [2.05, 4.69) is 46.3 Å². The Morgan fingerprint density at radius 1 is 0.857 bits per heavy atom. The predicted molar refractivity (Wildman–Crippen MR) is 141 cm³/mol. The van der Waals surface area contributed by atoms with Gasteiger partial charge in [-0.25, -0.2) is 9.98 Å². The molecule has 0 unspecified atom stereocenters. The minimum absolute atomic E-state index is 0.154. The standard InChI is InChI=1S/C27H27N7O/c1-27(2,15-16-8-4-3-5-9-16)34-23-14-20(32-26(30)33-23)17-12-18(28)24-22(13-17)35-21-11-7-6-10-19(21)31-25(24)29/h3-14H,15,28H2,1-2H3,(H2,29,31)(H3,30,32,33,34). The summed E-state index contributed by atoms with van der Waals surface area (Å²) in [6, 6.07) is 23.2. The van der Waals surface area contributed by atoms with Crippen LogP contribution in [0.2, 0.25) is 0 Å². The van der Waals surface area contributed by atoms with Crippen LogP contribution in [0.3, 0.4) is 0 Å². The van der Waals surface area contributed by atoms with E-state index in [9.17, 15) is 0 Å². The van der Waals surface area contributed by atoms with Gasteiger partial charge in [-0.1, -0.05) is 42.5 Å². The number of aromatic nitrogens is 2. The van der Waals surface area contributed by atoms with Gasteiger partial charge >= 0.3 is 0 Å². The third-order valence-corrected chi connectivity index (χ3v) is 5.71. The average molecular weight is 466 g/mol. The second kappa shape index (κ2) is 8.64. The Labute approximate surface area is 203 Å². The van der Waals surface area contributed by atoms with Crippen molar-refractivity contribution in [3.8, 4) is 22.8 Å². The fourth-order valence-corrected chi connectivity index (χ4v) is 4.25. The van der Waals surface area contributed by atoms with Crippen molar-refractivity contribution >= 4 is 29.0 Å². The predicted octanol–water partition coefficient (Wildman–Crippen LogP) is 4.88. The molecule has 1 aliphatic rings. The lowest BCUT2D eigenvalue weighted by molar-refractivity contribution is 0.485. The van der Waals surface area contributed by atoms with E-state index in [-0.39, 0.29) is 11.5 Å². The summed E-state index contributed by atoms with van der Waals surface area (Å²) in [5.41, 5.74) is 22.7. The van der Waals surface area contributed by atoms with Gasteiger partial charge in [-0.2, -0.15) is 4.98 Å². The number of rotatable bonds is 5. The summed E-state index contributed by atoms with van der Waals surface area (Å²) in [6.07, 6.45) is 0.810. The Morgan fingerprint density at radius 2 is 1.60 bits per heavy atom. The Balaban J connectivity index is 1.49. The molecule has 0 aliphatic carbocycles. The SMILES string of the molecule is CC(C)(Cc1ccccc1)Nc1cc(-c2cc(N)c3c(c2)Oc2ccccc2N=C3N)nc(N)n1. The second-order valence-corrected chi connectivity index (χ2v) is 9.17. The Bertz CT molecular complexity index is 1430. The van der Waals surface area contributed by atoms with Crippen LogP contribution in [-0.4, -0.2) is 21.3 Å². The van der Waals surface area contributed by atoms with E-state index in [1.165, 1.54) is 5.56 Å². The van der Waals surface area contributed by atoms with Crippen LogP contribution in [0.25, 0.3) is 11.3 Å². The maximum absolute atomic E-state index is 6.41. The molecule has 1 aliphatic heterocycles. The summed E-state index contributed by atoms with van der Waals surface area (Å²) in [4.78, 5) is 13.3. The first-order chi connectivity index (χ1) is 16.8. The topological polar surface area (TPSA) is 137 Å². The monoisotopic (exact) mass is 465 g/mol. The normalized spacial score (nSPS) is 12.6. The maximum atomic E-state index is 6.41. The molecule has 7 N–H and O–H groups in total. The molecule has 8 nitrogen and oxygen atoms in total. The van der Waals surface area contributed by atoms with Gasteiger partial charge in [-0.3, -0.25) is 0 Å². The maximum Gasteiger partial charge on any atom is 0.222 e. The molecule has 0 saturated carbocycles. The lowest BCUT2D eigenvalue weighted by Gasteiger charge is -2.27. The smallest absolute Gasteiger partial charge is 0.222 e. The third kappa shape index (κ3) is 4.72. The fourth-order valence-electron chi connectivity index (χ4n) is 4.25. The highest BCUT2D eigenvalue weighted by atomic mass is 16.5. The van der Waals surface area contributed by atoms with Crippen LogP contribution in [0.4, 0.5) is 23.1 Å². The number of nitrogens with two attached hydrogens (primary N) is 3. The number of anilines is 3. The highest BCUT2D eigenvalue weighted by Gasteiger charge is 2.22. The molecule has 1 aromatic heterocycles. The number of nitrogen functional groups attached to an aromatic ring is 2. The molecule has 2 heterocycles. The van der Waals surface area contributed by atoms with Gasteiger partial charge in [0.15, 0.2) is 5.75 Å². The molecule has 5 rings (SSSR count). The number of benzene rings is 3. The van der Waals surface area contributed by atoms with E-state index in [1.54, 1.807) is 6.07 Å². The first-order valence-corrected chi connectivity index (χ1v) is 11.3. The largest absolute Gasteiger partial charge is 0.454 e. The summed E-state index contributed by atoms with van der Waals surface area (Å²) in [5, 5.41) is 3.49. The molecule has 0 atom stereocenters. The quantitative estimate of drug-likeness (QED) is 0.308. The number of hydrogen-bond acceptors (Lipinski definition) is 8. The zero-order valence-electron chi connectivity index (χ0n) is 19.6. The highest BCUT2D eigenvalue weighted by molar-refractivity contribution is 6.07.